The Labute approximate surface area is 125 Å². The number of rotatable bonds is 3. The smallest absolute Gasteiger partial charge is 0.181 e. The van der Waals surface area contributed by atoms with Crippen molar-refractivity contribution in [2.75, 3.05) is 5.73 Å². The summed E-state index contributed by atoms with van der Waals surface area (Å²) < 4.78 is 7.69. The van der Waals surface area contributed by atoms with E-state index in [-0.39, 0.29) is 6.10 Å². The summed E-state index contributed by atoms with van der Waals surface area (Å²) in [7, 11) is 0. The van der Waals surface area contributed by atoms with Crippen molar-refractivity contribution in [1.82, 2.24) is 14.8 Å². The van der Waals surface area contributed by atoms with Gasteiger partial charge in [0.1, 0.15) is 11.6 Å². The van der Waals surface area contributed by atoms with Crippen LogP contribution in [0.2, 0.25) is 0 Å². The van der Waals surface area contributed by atoms with E-state index >= 15 is 0 Å². The Balaban J connectivity index is 1.92. The molecule has 1 unspecified atom stereocenters. The number of aromatic nitrogens is 3. The molecule has 0 amide bonds. The molecule has 0 fully saturated rings. The van der Waals surface area contributed by atoms with E-state index in [2.05, 4.69) is 17.0 Å². The van der Waals surface area contributed by atoms with Crippen LogP contribution in [0.4, 0.5) is 5.69 Å². The van der Waals surface area contributed by atoms with E-state index in [1.165, 1.54) is 12.8 Å². The highest BCUT2D eigenvalue weighted by Crippen LogP contribution is 2.30. The molecule has 1 atom stereocenters. The fourth-order valence-corrected chi connectivity index (χ4v) is 2.73. The van der Waals surface area contributed by atoms with Crippen molar-refractivity contribution < 1.29 is 4.74 Å². The number of aryl methyl sites for hydroxylation is 1. The predicted octanol–water partition coefficient (Wildman–Crippen LogP) is 3.21. The molecule has 112 valence electrons. The Bertz CT molecular complexity index is 648. The number of hydrogen-bond donors (Lipinski definition) is 1. The number of anilines is 1. The maximum Gasteiger partial charge on any atom is 0.181 e. The first-order valence-corrected chi connectivity index (χ1v) is 7.56. The number of nitrogens with zero attached hydrogens (tertiary/aromatic N) is 3. The van der Waals surface area contributed by atoms with E-state index in [1.54, 1.807) is 0 Å². The minimum absolute atomic E-state index is 0.108. The number of hydrogen-bond acceptors (Lipinski definition) is 4. The molecule has 5 nitrogen and oxygen atoms in total. The highest BCUT2D eigenvalue weighted by molar-refractivity contribution is 5.66. The van der Waals surface area contributed by atoms with Crippen LogP contribution in [0, 0.1) is 0 Å². The molecule has 3 rings (SSSR count). The third kappa shape index (κ3) is 2.73. The summed E-state index contributed by atoms with van der Waals surface area (Å²) in [6.45, 7) is 7.13. The van der Waals surface area contributed by atoms with E-state index in [9.17, 15) is 0 Å². The van der Waals surface area contributed by atoms with Crippen LogP contribution < -0.4 is 10.5 Å². The maximum absolute atomic E-state index is 6.07. The van der Waals surface area contributed by atoms with Gasteiger partial charge in [0.15, 0.2) is 5.82 Å². The van der Waals surface area contributed by atoms with Crippen molar-refractivity contribution in [2.45, 2.75) is 52.2 Å². The number of nitrogens with two attached hydrogens (primary N) is 1. The van der Waals surface area contributed by atoms with Crippen molar-refractivity contribution in [2.24, 2.45) is 0 Å². The van der Waals surface area contributed by atoms with Gasteiger partial charge in [-0.1, -0.05) is 6.92 Å². The van der Waals surface area contributed by atoms with Gasteiger partial charge in [-0.2, -0.15) is 5.10 Å². The van der Waals surface area contributed by atoms with Gasteiger partial charge in [-0.25, -0.2) is 9.67 Å². The highest BCUT2D eigenvalue weighted by Gasteiger charge is 2.21. The Kier molecular flexibility index (Phi) is 3.57. The van der Waals surface area contributed by atoms with Crippen molar-refractivity contribution >= 4 is 5.69 Å². The molecule has 0 spiro atoms. The number of fused-ring (bicyclic) bond motifs is 1. The Morgan fingerprint density at radius 1 is 1.38 bits per heavy atom. The van der Waals surface area contributed by atoms with Gasteiger partial charge in [-0.3, -0.25) is 0 Å². The van der Waals surface area contributed by atoms with E-state index in [1.807, 2.05) is 36.7 Å². The Hall–Kier alpha value is -2.04. The molecule has 0 saturated heterocycles. The highest BCUT2D eigenvalue weighted by atomic mass is 16.5. The summed E-state index contributed by atoms with van der Waals surface area (Å²) in [6.07, 6.45) is 2.46. The number of ether oxygens (including phenoxy) is 1. The van der Waals surface area contributed by atoms with Gasteiger partial charge >= 0.3 is 0 Å². The third-order valence-corrected chi connectivity index (χ3v) is 3.78. The summed E-state index contributed by atoms with van der Waals surface area (Å²) in [6, 6.07) is 5.76. The average molecular weight is 286 g/mol. The van der Waals surface area contributed by atoms with Gasteiger partial charge in [-0.15, -0.1) is 0 Å². The second kappa shape index (κ2) is 5.39. The zero-order valence-corrected chi connectivity index (χ0v) is 12.8. The summed E-state index contributed by atoms with van der Waals surface area (Å²) in [5.74, 6) is 3.02. The molecule has 5 heteroatoms. The molecule has 0 aliphatic carbocycles. The van der Waals surface area contributed by atoms with Crippen LogP contribution in [0.15, 0.2) is 18.2 Å². The molecular formula is C16H22N4O. The minimum Gasteiger partial charge on any atom is -0.489 e. The summed E-state index contributed by atoms with van der Waals surface area (Å²) in [4.78, 5) is 4.69. The van der Waals surface area contributed by atoms with Crippen LogP contribution in [0.25, 0.3) is 11.4 Å². The molecule has 0 saturated carbocycles. The van der Waals surface area contributed by atoms with Crippen molar-refractivity contribution in [3.05, 3.63) is 24.0 Å². The zero-order chi connectivity index (χ0) is 15.0. The largest absolute Gasteiger partial charge is 0.489 e. The van der Waals surface area contributed by atoms with E-state index in [0.29, 0.717) is 17.4 Å². The van der Waals surface area contributed by atoms with Crippen LogP contribution in [-0.4, -0.2) is 20.9 Å². The molecule has 1 aliphatic heterocycles. The number of benzene rings is 1. The van der Waals surface area contributed by atoms with Crippen LogP contribution in [0.3, 0.4) is 0 Å². The van der Waals surface area contributed by atoms with Crippen LogP contribution in [-0.2, 0) is 6.54 Å². The number of nitrogen functional groups attached to an aromatic ring is 1. The second-order valence-electron chi connectivity index (χ2n) is 5.98. The Morgan fingerprint density at radius 2 is 2.19 bits per heavy atom. The third-order valence-electron chi connectivity index (χ3n) is 3.78. The van der Waals surface area contributed by atoms with Crippen molar-refractivity contribution in [3.63, 3.8) is 0 Å². The molecule has 0 radical (unpaired) electrons. The van der Waals surface area contributed by atoms with Gasteiger partial charge in [0.05, 0.1) is 11.8 Å². The molecule has 1 aromatic carbocycles. The van der Waals surface area contributed by atoms with Crippen LogP contribution in [0.1, 0.15) is 45.4 Å². The Morgan fingerprint density at radius 3 is 2.86 bits per heavy atom. The zero-order valence-electron chi connectivity index (χ0n) is 12.8. The molecule has 2 aromatic rings. The SMILES string of the molecule is CC(C)Oc1ccc(-c2nc3n(n2)CCCC3C)cc1N. The van der Waals surface area contributed by atoms with E-state index in [4.69, 9.17) is 10.5 Å². The van der Waals surface area contributed by atoms with Crippen molar-refractivity contribution in [1.29, 1.82) is 0 Å². The van der Waals surface area contributed by atoms with Gasteiger partial charge in [0, 0.05) is 18.0 Å². The fraction of sp³-hybridized carbons (Fsp3) is 0.500. The first-order valence-electron chi connectivity index (χ1n) is 7.56. The van der Waals surface area contributed by atoms with E-state index in [0.717, 1.165) is 23.8 Å². The van der Waals surface area contributed by atoms with Gasteiger partial charge in [-0.05, 0) is 44.9 Å². The van der Waals surface area contributed by atoms with Crippen molar-refractivity contribution in [3.8, 4) is 17.1 Å². The molecule has 21 heavy (non-hydrogen) atoms. The second-order valence-corrected chi connectivity index (χ2v) is 5.98. The van der Waals surface area contributed by atoms with Crippen LogP contribution >= 0.6 is 0 Å². The molecule has 2 heterocycles. The average Bonchev–Trinajstić information content (AvgIpc) is 2.86. The summed E-state index contributed by atoms with van der Waals surface area (Å²) in [5, 5.41) is 4.61. The van der Waals surface area contributed by atoms with E-state index < -0.39 is 0 Å². The monoisotopic (exact) mass is 286 g/mol. The summed E-state index contributed by atoms with van der Waals surface area (Å²) >= 11 is 0. The normalized spacial score (nSPS) is 17.8. The first-order chi connectivity index (χ1) is 10.0. The quantitative estimate of drug-likeness (QED) is 0.880. The standard InChI is InChI=1S/C16H22N4O/c1-10(2)21-14-7-6-12(9-13(14)17)15-18-16-11(3)5-4-8-20(16)19-15/h6-7,9-11H,4-5,8,17H2,1-3H3. The van der Waals surface area contributed by atoms with Crippen LogP contribution in [0.5, 0.6) is 5.75 Å². The van der Waals surface area contributed by atoms with Gasteiger partial charge in [0.25, 0.3) is 0 Å². The van der Waals surface area contributed by atoms with Gasteiger partial charge in [0.2, 0.25) is 0 Å². The van der Waals surface area contributed by atoms with Gasteiger partial charge < -0.3 is 10.5 Å². The lowest BCUT2D eigenvalue weighted by Gasteiger charge is -2.17. The topological polar surface area (TPSA) is 66.0 Å². The fourth-order valence-electron chi connectivity index (χ4n) is 2.73. The molecule has 1 aliphatic rings. The molecule has 0 bridgehead atoms. The first kappa shape index (κ1) is 13.9. The lowest BCUT2D eigenvalue weighted by atomic mass is 10.0. The lowest BCUT2D eigenvalue weighted by Crippen LogP contribution is -2.14. The minimum atomic E-state index is 0.108. The molecule has 1 aromatic heterocycles. The maximum atomic E-state index is 6.07. The summed E-state index contributed by atoms with van der Waals surface area (Å²) in [5.41, 5.74) is 7.64. The predicted molar refractivity (Wildman–Crippen MR) is 83.3 cm³/mol. The molecule has 2 N–H and O–H groups in total. The lowest BCUT2D eigenvalue weighted by molar-refractivity contribution is 0.244. The molecular weight excluding hydrogens is 264 g/mol.